The normalized spacial score (nSPS) is 9.44. The topological polar surface area (TPSA) is 86.7 Å². The van der Waals surface area contributed by atoms with Crippen molar-refractivity contribution >= 4 is 34.8 Å². The number of Topliss-reactive ketones (excluding diaryl/α,β-unsaturated/α-hetero) is 2. The number of furan rings is 4. The van der Waals surface area contributed by atoms with Crippen molar-refractivity contribution in [2.24, 2.45) is 0 Å². The molecule has 4 aromatic rings. The number of hydrogen-bond acceptors (Lipinski definition) is 6. The first-order chi connectivity index (χ1) is 16.6. The molecular formula is C28H36Cl2O6. The molecule has 0 aliphatic heterocycles. The quantitative estimate of drug-likeness (QED) is 0.186. The third-order valence-electron chi connectivity index (χ3n) is 4.30. The highest BCUT2D eigenvalue weighted by atomic mass is 35.5. The van der Waals surface area contributed by atoms with Crippen molar-refractivity contribution < 1.29 is 27.3 Å². The first-order valence-electron chi connectivity index (χ1n) is 11.0. The summed E-state index contributed by atoms with van der Waals surface area (Å²) in [4.78, 5) is 21.2. The van der Waals surface area contributed by atoms with Gasteiger partial charge in [-0.3, -0.25) is 9.59 Å². The van der Waals surface area contributed by atoms with Crippen molar-refractivity contribution in [3.63, 3.8) is 0 Å². The summed E-state index contributed by atoms with van der Waals surface area (Å²) in [6, 6.07) is 14.5. The van der Waals surface area contributed by atoms with Crippen LogP contribution in [0.25, 0.3) is 0 Å². The Bertz CT molecular complexity index is 1120. The van der Waals surface area contributed by atoms with Crippen LogP contribution in [0.5, 0.6) is 0 Å². The molecule has 4 heterocycles. The smallest absolute Gasteiger partial charge is 0.194 e. The van der Waals surface area contributed by atoms with E-state index in [0.29, 0.717) is 29.0 Å². The maximum atomic E-state index is 10.6. The van der Waals surface area contributed by atoms with Crippen molar-refractivity contribution in [3.8, 4) is 0 Å². The van der Waals surface area contributed by atoms with Gasteiger partial charge in [-0.15, -0.1) is 23.2 Å². The maximum Gasteiger partial charge on any atom is 0.194 e. The molecule has 0 fully saturated rings. The van der Waals surface area contributed by atoms with E-state index in [-0.39, 0.29) is 19.0 Å². The van der Waals surface area contributed by atoms with Crippen LogP contribution in [0.2, 0.25) is 0 Å². The second-order valence-corrected chi connectivity index (χ2v) is 7.97. The van der Waals surface area contributed by atoms with Gasteiger partial charge in [-0.2, -0.15) is 0 Å². The van der Waals surface area contributed by atoms with Gasteiger partial charge in [0.15, 0.2) is 23.1 Å². The molecule has 0 atom stereocenters. The van der Waals surface area contributed by atoms with E-state index in [0.717, 1.165) is 35.2 Å². The van der Waals surface area contributed by atoms with E-state index in [9.17, 15) is 9.59 Å². The Morgan fingerprint density at radius 2 is 0.972 bits per heavy atom. The van der Waals surface area contributed by atoms with Crippen LogP contribution in [0.3, 0.4) is 0 Å². The summed E-state index contributed by atoms with van der Waals surface area (Å²) in [6.07, 6.45) is 0.994. The first kappa shape index (κ1) is 33.0. The lowest BCUT2D eigenvalue weighted by molar-refractivity contribution is 0.0978. The van der Waals surface area contributed by atoms with E-state index in [4.69, 9.17) is 40.9 Å². The summed E-state index contributed by atoms with van der Waals surface area (Å²) in [5.41, 5.74) is 0. The lowest BCUT2D eigenvalue weighted by Crippen LogP contribution is -1.86. The predicted octanol–water partition coefficient (Wildman–Crippen LogP) is 9.12. The van der Waals surface area contributed by atoms with Crippen molar-refractivity contribution in [2.75, 3.05) is 0 Å². The Morgan fingerprint density at radius 1 is 0.611 bits per heavy atom. The summed E-state index contributed by atoms with van der Waals surface area (Å²) in [5, 5.41) is 0. The minimum absolute atomic E-state index is 0. The van der Waals surface area contributed by atoms with Gasteiger partial charge in [-0.1, -0.05) is 14.4 Å². The average Bonchev–Trinajstić information content (AvgIpc) is 3.62. The fourth-order valence-electron chi connectivity index (χ4n) is 2.49. The highest BCUT2D eigenvalue weighted by Gasteiger charge is 2.04. The molecule has 198 valence electrons. The number of rotatable bonds is 5. The lowest BCUT2D eigenvalue weighted by Gasteiger charge is -1.85. The van der Waals surface area contributed by atoms with Crippen molar-refractivity contribution in [1.82, 2.24) is 0 Å². The van der Waals surface area contributed by atoms with E-state index < -0.39 is 0 Å². The molecule has 0 aromatic carbocycles. The Kier molecular flexibility index (Phi) is 16.0. The number of carbonyl (C=O) groups is 2. The van der Waals surface area contributed by atoms with Crippen molar-refractivity contribution in [1.29, 1.82) is 0 Å². The molecule has 6 nitrogen and oxygen atoms in total. The highest BCUT2D eigenvalue weighted by Crippen LogP contribution is 2.10. The summed E-state index contributed by atoms with van der Waals surface area (Å²) in [7, 11) is 0. The van der Waals surface area contributed by atoms with Gasteiger partial charge in [-0.25, -0.2) is 0 Å². The van der Waals surface area contributed by atoms with E-state index >= 15 is 0 Å². The molecule has 0 unspecified atom stereocenters. The van der Waals surface area contributed by atoms with E-state index in [2.05, 4.69) is 6.92 Å². The second kappa shape index (κ2) is 17.5. The Balaban J connectivity index is 0.000000451. The molecular weight excluding hydrogens is 503 g/mol. The zero-order chi connectivity index (χ0) is 26.4. The van der Waals surface area contributed by atoms with Crippen LogP contribution in [0, 0.1) is 20.8 Å². The number of carbonyl (C=O) groups excluding carboxylic acids is 2. The fourth-order valence-corrected chi connectivity index (χ4v) is 2.78. The summed E-state index contributed by atoms with van der Waals surface area (Å²) < 4.78 is 20.3. The van der Waals surface area contributed by atoms with Crippen LogP contribution >= 0.6 is 23.2 Å². The number of halogens is 2. The Hall–Kier alpha value is -2.96. The number of alkyl halides is 2. The molecule has 36 heavy (non-hydrogen) atoms. The van der Waals surface area contributed by atoms with Gasteiger partial charge < -0.3 is 17.7 Å². The first-order valence-corrected chi connectivity index (χ1v) is 12.1. The van der Waals surface area contributed by atoms with Crippen LogP contribution < -0.4 is 0 Å². The number of aryl methyl sites for hydroxylation is 4. The van der Waals surface area contributed by atoms with E-state index in [1.807, 2.05) is 45.0 Å². The third-order valence-corrected chi connectivity index (χ3v) is 4.83. The molecule has 0 aliphatic rings. The van der Waals surface area contributed by atoms with E-state index in [1.54, 1.807) is 24.3 Å². The van der Waals surface area contributed by atoms with Crippen LogP contribution in [-0.4, -0.2) is 11.6 Å². The predicted molar refractivity (Wildman–Crippen MR) is 144 cm³/mol. The zero-order valence-electron chi connectivity index (χ0n) is 20.9. The molecule has 4 rings (SSSR count). The summed E-state index contributed by atoms with van der Waals surface area (Å²) >= 11 is 10.9. The van der Waals surface area contributed by atoms with Crippen LogP contribution in [0.15, 0.2) is 66.2 Å². The van der Waals surface area contributed by atoms with Crippen LogP contribution in [0.1, 0.15) is 83.9 Å². The molecule has 4 aromatic heterocycles. The monoisotopic (exact) mass is 538 g/mol. The Morgan fingerprint density at radius 3 is 1.19 bits per heavy atom. The van der Waals surface area contributed by atoms with Crippen molar-refractivity contribution in [3.05, 3.63) is 94.6 Å². The highest BCUT2D eigenvalue weighted by molar-refractivity contribution is 6.17. The average molecular weight is 539 g/mol. The molecule has 0 N–H and O–H groups in total. The molecule has 0 saturated heterocycles. The third kappa shape index (κ3) is 12.7. The van der Waals surface area contributed by atoms with Gasteiger partial charge in [0, 0.05) is 20.3 Å². The van der Waals surface area contributed by atoms with Crippen LogP contribution in [0.4, 0.5) is 0 Å². The van der Waals surface area contributed by atoms with Gasteiger partial charge in [-0.05, 0) is 69.3 Å². The summed E-state index contributed by atoms with van der Waals surface area (Å²) in [6.45, 7) is 10.7. The SMILES string of the molecule is C.CC(=O)c1ccc(C)o1.CC(=O)c1ccc(CCl)o1.CCc1ccc(C)o1.Cc1ccc(CCl)o1. The second-order valence-electron chi connectivity index (χ2n) is 7.43. The minimum atomic E-state index is -0.0728. The van der Waals surface area contributed by atoms with Crippen LogP contribution in [-0.2, 0) is 18.2 Å². The van der Waals surface area contributed by atoms with Gasteiger partial charge in [0.05, 0.1) is 11.8 Å². The maximum absolute atomic E-state index is 10.6. The largest absolute Gasteiger partial charge is 0.466 e. The molecule has 0 amide bonds. The standard InChI is InChI=1S/C7H7ClO2.C7H8O2.C7H10O.C6H7ClO.CH4/c1-5(9)7-3-2-6(4-8)10-7;1-5-3-4-7(9-5)6(2)8;1-3-7-5-4-6(2)8-7;1-5-2-3-6(4-7)8-5;/h2-3H,4H2,1H3;3-4H,1-2H3;4-5H,3H2,1-2H3;2-3H,4H2,1H3;1H4. The fraction of sp³-hybridized carbons (Fsp3) is 0.357. The number of ketones is 2. The molecule has 0 spiro atoms. The minimum Gasteiger partial charge on any atom is -0.466 e. The van der Waals surface area contributed by atoms with Gasteiger partial charge in [0.2, 0.25) is 0 Å². The molecule has 0 radical (unpaired) electrons. The van der Waals surface area contributed by atoms with Crippen molar-refractivity contribution in [2.45, 2.75) is 67.1 Å². The summed E-state index contributed by atoms with van der Waals surface area (Å²) in [5.74, 6) is 6.73. The van der Waals surface area contributed by atoms with Gasteiger partial charge in [0.1, 0.15) is 34.6 Å². The lowest BCUT2D eigenvalue weighted by atomic mass is 10.3. The molecule has 0 bridgehead atoms. The molecule has 8 heteroatoms. The van der Waals surface area contributed by atoms with Gasteiger partial charge >= 0.3 is 0 Å². The molecule has 0 saturated carbocycles. The number of hydrogen-bond donors (Lipinski definition) is 0. The zero-order valence-corrected chi connectivity index (χ0v) is 22.5. The molecule has 0 aliphatic carbocycles. The van der Waals surface area contributed by atoms with Gasteiger partial charge in [0.25, 0.3) is 0 Å². The Labute approximate surface area is 223 Å². The van der Waals surface area contributed by atoms with E-state index in [1.165, 1.54) is 13.8 Å².